The molecule has 1 aliphatic heterocycles. The third-order valence-electron chi connectivity index (χ3n) is 6.99. The average Bonchev–Trinajstić information content (AvgIpc) is 3.31. The normalized spacial score (nSPS) is 18.7. The molecule has 3 aromatic heterocycles. The fourth-order valence-electron chi connectivity index (χ4n) is 4.45. The van der Waals surface area contributed by atoms with E-state index in [4.69, 9.17) is 15.2 Å². The van der Waals surface area contributed by atoms with Crippen LogP contribution in [0.4, 0.5) is 20.5 Å². The second-order valence-electron chi connectivity index (χ2n) is 10.1. The highest BCUT2D eigenvalue weighted by Crippen LogP contribution is 2.48. The van der Waals surface area contributed by atoms with E-state index in [1.54, 1.807) is 17.1 Å². The van der Waals surface area contributed by atoms with Crippen LogP contribution in [-0.2, 0) is 7.05 Å². The minimum atomic E-state index is -2.71. The molecule has 4 heterocycles. The van der Waals surface area contributed by atoms with E-state index in [2.05, 4.69) is 25.0 Å². The second kappa shape index (κ2) is 11.1. The maximum atomic E-state index is 13.3. The van der Waals surface area contributed by atoms with E-state index in [1.165, 1.54) is 0 Å². The molecular formula is C26H32F2N8O3. The molecule has 208 valence electrons. The van der Waals surface area contributed by atoms with Crippen molar-refractivity contribution in [2.75, 3.05) is 36.9 Å². The molecule has 39 heavy (non-hydrogen) atoms. The van der Waals surface area contributed by atoms with E-state index in [1.807, 2.05) is 31.1 Å². The molecule has 2 N–H and O–H groups in total. The van der Waals surface area contributed by atoms with Gasteiger partial charge in [-0.25, -0.2) is 13.8 Å². The van der Waals surface area contributed by atoms with Gasteiger partial charge >= 0.3 is 6.01 Å². The number of aryl methyl sites for hydroxylation is 1. The number of aromatic nitrogens is 6. The first-order valence-corrected chi connectivity index (χ1v) is 13.1. The Bertz CT molecular complexity index is 1330. The quantitative estimate of drug-likeness (QED) is 0.358. The number of hydrogen-bond acceptors (Lipinski definition) is 10. The molecule has 1 saturated carbocycles. The van der Waals surface area contributed by atoms with Crippen LogP contribution < -0.4 is 20.1 Å². The van der Waals surface area contributed by atoms with Crippen LogP contribution in [0.15, 0.2) is 24.7 Å². The molecule has 0 amide bonds. The van der Waals surface area contributed by atoms with Crippen molar-refractivity contribution in [3.8, 4) is 22.9 Å². The Morgan fingerprint density at radius 2 is 1.90 bits per heavy atom. The molecule has 1 unspecified atom stereocenters. The lowest BCUT2D eigenvalue weighted by atomic mass is 9.98. The van der Waals surface area contributed by atoms with Crippen LogP contribution in [0.5, 0.6) is 11.8 Å². The molecule has 0 aromatic carbocycles. The smallest absolute Gasteiger partial charge is 0.321 e. The van der Waals surface area contributed by atoms with Gasteiger partial charge in [-0.05, 0) is 31.2 Å². The number of pyridine rings is 1. The number of nitrogens with zero attached hydrogens (tertiary/aromatic N) is 7. The molecule has 1 saturated heterocycles. The Morgan fingerprint density at radius 1 is 1.13 bits per heavy atom. The number of hydrogen-bond donors (Lipinski definition) is 1. The highest BCUT2D eigenvalue weighted by Gasteiger charge is 2.57. The average molecular weight is 543 g/mol. The Balaban J connectivity index is 1.20. The summed E-state index contributed by atoms with van der Waals surface area (Å²) < 4.78 is 39.8. The minimum Gasteiger partial charge on any atom is -0.489 e. The number of carbonyl (C=O) groups is 1. The third kappa shape index (κ3) is 6.40. The van der Waals surface area contributed by atoms with Gasteiger partial charge in [0.25, 0.3) is 5.92 Å². The largest absolute Gasteiger partial charge is 0.489 e. The Kier molecular flexibility index (Phi) is 7.58. The molecule has 0 radical (unpaired) electrons. The zero-order chi connectivity index (χ0) is 27.6. The summed E-state index contributed by atoms with van der Waals surface area (Å²) in [4.78, 5) is 31.6. The summed E-state index contributed by atoms with van der Waals surface area (Å²) in [5, 5.41) is 4.19. The first kappa shape index (κ1) is 26.7. The fourth-order valence-corrected chi connectivity index (χ4v) is 4.45. The van der Waals surface area contributed by atoms with Gasteiger partial charge in [-0.15, -0.1) is 0 Å². The summed E-state index contributed by atoms with van der Waals surface area (Å²) in [6, 6.07) is 1.77. The molecule has 13 heteroatoms. The van der Waals surface area contributed by atoms with Crippen molar-refractivity contribution in [3.63, 3.8) is 0 Å². The molecule has 1 atom stereocenters. The number of nitrogen functional groups attached to an aromatic ring is 1. The Hall–Kier alpha value is -3.90. The lowest BCUT2D eigenvalue weighted by molar-refractivity contribution is 0.0837. The lowest BCUT2D eigenvalue weighted by Crippen LogP contribution is -2.37. The van der Waals surface area contributed by atoms with Crippen LogP contribution in [0, 0.1) is 11.8 Å². The highest BCUT2D eigenvalue weighted by molar-refractivity contribution is 5.92. The standard InChI is InChI=1S/C26H32F2N8O3/c1-3-4-20(37)23-32-24(34-25(33-23)39-15-19-10-26(19,27)28)36-7-5-16(6-8-36)14-38-21-9-17(11-30-22(21)29)18-12-31-35(2)13-18/h9,11-13,16,19H,3-8,10,14-15H2,1-2H3,(H2,29,30). The van der Waals surface area contributed by atoms with Crippen molar-refractivity contribution in [1.29, 1.82) is 0 Å². The van der Waals surface area contributed by atoms with E-state index >= 15 is 0 Å². The number of rotatable bonds is 11. The molecule has 0 bridgehead atoms. The minimum absolute atomic E-state index is 0.00124. The van der Waals surface area contributed by atoms with E-state index in [9.17, 15) is 13.6 Å². The summed E-state index contributed by atoms with van der Waals surface area (Å²) in [6.45, 7) is 3.42. The number of halogens is 2. The predicted octanol–water partition coefficient (Wildman–Crippen LogP) is 3.56. The van der Waals surface area contributed by atoms with Gasteiger partial charge in [0.1, 0.15) is 6.61 Å². The van der Waals surface area contributed by atoms with E-state index < -0.39 is 11.8 Å². The van der Waals surface area contributed by atoms with E-state index in [0.717, 1.165) is 24.0 Å². The van der Waals surface area contributed by atoms with E-state index in [0.29, 0.717) is 43.6 Å². The van der Waals surface area contributed by atoms with Gasteiger partial charge in [-0.2, -0.15) is 20.1 Å². The van der Waals surface area contributed by atoms with Crippen LogP contribution in [-0.4, -0.2) is 67.7 Å². The molecule has 1 aliphatic carbocycles. The second-order valence-corrected chi connectivity index (χ2v) is 10.1. The summed E-state index contributed by atoms with van der Waals surface area (Å²) >= 11 is 0. The third-order valence-corrected chi connectivity index (χ3v) is 6.99. The summed E-state index contributed by atoms with van der Waals surface area (Å²) in [7, 11) is 1.85. The fraction of sp³-hybridized carbons (Fsp3) is 0.538. The summed E-state index contributed by atoms with van der Waals surface area (Å²) in [6.07, 6.45) is 7.65. The number of anilines is 2. The first-order chi connectivity index (χ1) is 18.7. The summed E-state index contributed by atoms with van der Waals surface area (Å²) in [5.41, 5.74) is 7.85. The van der Waals surface area contributed by atoms with Crippen molar-refractivity contribution in [3.05, 3.63) is 30.5 Å². The van der Waals surface area contributed by atoms with Gasteiger partial charge in [0.05, 0.1) is 18.7 Å². The molecule has 2 fully saturated rings. The first-order valence-electron chi connectivity index (χ1n) is 13.1. The van der Waals surface area contributed by atoms with Gasteiger partial charge in [0.15, 0.2) is 17.4 Å². The molecular weight excluding hydrogens is 510 g/mol. The number of ether oxygens (including phenoxy) is 2. The van der Waals surface area contributed by atoms with Crippen LogP contribution in [0.25, 0.3) is 11.1 Å². The molecule has 2 aliphatic rings. The van der Waals surface area contributed by atoms with Gasteiger partial charge in [-0.3, -0.25) is 9.48 Å². The SMILES string of the molecule is CCCC(=O)c1nc(OCC2CC2(F)F)nc(N2CCC(COc3cc(-c4cnn(C)c4)cnc3N)CC2)n1. The maximum absolute atomic E-state index is 13.3. The number of Topliss-reactive ketones (excluding diaryl/α,β-unsaturated/α-hetero) is 1. The van der Waals surface area contributed by atoms with Gasteiger partial charge in [0.2, 0.25) is 11.8 Å². The van der Waals surface area contributed by atoms with Gasteiger partial charge in [-0.1, -0.05) is 6.92 Å². The van der Waals surface area contributed by atoms with Crippen molar-refractivity contribution in [2.24, 2.45) is 18.9 Å². The number of carbonyl (C=O) groups excluding carboxylic acids is 1. The topological polar surface area (TPSA) is 134 Å². The van der Waals surface area contributed by atoms with Crippen molar-refractivity contribution < 1.29 is 23.0 Å². The van der Waals surface area contributed by atoms with Gasteiger partial charge < -0.3 is 20.1 Å². The van der Waals surface area contributed by atoms with Crippen molar-refractivity contribution in [2.45, 2.75) is 45.0 Å². The molecule has 3 aromatic rings. The Morgan fingerprint density at radius 3 is 2.56 bits per heavy atom. The predicted molar refractivity (Wildman–Crippen MR) is 139 cm³/mol. The Labute approximate surface area is 224 Å². The highest BCUT2D eigenvalue weighted by atomic mass is 19.3. The number of piperidine rings is 1. The monoisotopic (exact) mass is 542 g/mol. The van der Waals surface area contributed by atoms with Crippen LogP contribution >= 0.6 is 0 Å². The zero-order valence-corrected chi connectivity index (χ0v) is 22.0. The van der Waals surface area contributed by atoms with E-state index in [-0.39, 0.29) is 43.0 Å². The van der Waals surface area contributed by atoms with Crippen LogP contribution in [0.2, 0.25) is 0 Å². The summed E-state index contributed by atoms with van der Waals surface area (Å²) in [5.74, 6) is -2.35. The molecule has 0 spiro atoms. The number of ketones is 1. The van der Waals surface area contributed by atoms with Crippen molar-refractivity contribution >= 4 is 17.5 Å². The van der Waals surface area contributed by atoms with Gasteiger partial charge in [0, 0.05) is 56.5 Å². The van der Waals surface area contributed by atoms with Crippen LogP contribution in [0.3, 0.4) is 0 Å². The number of nitrogens with two attached hydrogens (primary N) is 1. The molecule has 5 rings (SSSR count). The maximum Gasteiger partial charge on any atom is 0.321 e. The van der Waals surface area contributed by atoms with Crippen molar-refractivity contribution in [1.82, 2.24) is 29.7 Å². The number of alkyl halides is 2. The lowest BCUT2D eigenvalue weighted by Gasteiger charge is -2.32. The van der Waals surface area contributed by atoms with Crippen LogP contribution in [0.1, 0.15) is 49.6 Å². The zero-order valence-electron chi connectivity index (χ0n) is 22.0. The molecule has 11 nitrogen and oxygen atoms in total.